The van der Waals surface area contributed by atoms with Crippen molar-refractivity contribution in [1.82, 2.24) is 15.1 Å². The summed E-state index contributed by atoms with van der Waals surface area (Å²) < 4.78 is 10.7. The van der Waals surface area contributed by atoms with Crippen LogP contribution in [0.4, 0.5) is 0 Å². The van der Waals surface area contributed by atoms with Crippen LogP contribution < -0.4 is 9.47 Å². The van der Waals surface area contributed by atoms with Gasteiger partial charge in [0.2, 0.25) is 6.79 Å². The molecule has 3 aliphatic heterocycles. The second-order valence-corrected chi connectivity index (χ2v) is 7.38. The summed E-state index contributed by atoms with van der Waals surface area (Å²) >= 11 is 0. The lowest BCUT2D eigenvalue weighted by Crippen LogP contribution is -2.57. The van der Waals surface area contributed by atoms with Crippen LogP contribution in [0.15, 0.2) is 24.3 Å². The fraction of sp³-hybridized carbons (Fsp3) is 0.421. The number of aliphatic carboxylic acids is 1. The van der Waals surface area contributed by atoms with Crippen molar-refractivity contribution in [3.8, 4) is 22.8 Å². The van der Waals surface area contributed by atoms with Crippen molar-refractivity contribution in [3.63, 3.8) is 0 Å². The second kappa shape index (κ2) is 6.00. The second-order valence-electron chi connectivity index (χ2n) is 7.38. The van der Waals surface area contributed by atoms with E-state index < -0.39 is 11.9 Å². The van der Waals surface area contributed by atoms with Gasteiger partial charge in [-0.3, -0.25) is 14.7 Å². The van der Waals surface area contributed by atoms with Gasteiger partial charge in [0.1, 0.15) is 5.69 Å². The molecule has 3 fully saturated rings. The largest absolute Gasteiger partial charge is 0.481 e. The molecule has 4 aliphatic rings. The molecule has 3 unspecified atom stereocenters. The molecule has 3 atom stereocenters. The first-order chi connectivity index (χ1) is 13.1. The third kappa shape index (κ3) is 2.63. The number of rotatable bonds is 3. The van der Waals surface area contributed by atoms with Gasteiger partial charge in [-0.15, -0.1) is 0 Å². The van der Waals surface area contributed by atoms with Gasteiger partial charge in [-0.05, 0) is 49.4 Å². The van der Waals surface area contributed by atoms with Gasteiger partial charge in [-0.25, -0.2) is 0 Å². The molecule has 2 saturated heterocycles. The lowest BCUT2D eigenvalue weighted by molar-refractivity contribution is -0.148. The Labute approximate surface area is 155 Å². The van der Waals surface area contributed by atoms with Crippen LogP contribution in [0.2, 0.25) is 0 Å². The number of nitrogens with one attached hydrogen (secondary N) is 1. The average Bonchev–Trinajstić information content (AvgIpc) is 3.36. The van der Waals surface area contributed by atoms with E-state index in [1.165, 1.54) is 0 Å². The minimum atomic E-state index is -0.812. The topological polar surface area (TPSA) is 105 Å². The van der Waals surface area contributed by atoms with Gasteiger partial charge in [0.25, 0.3) is 5.91 Å². The number of hydrogen-bond acceptors (Lipinski definition) is 5. The van der Waals surface area contributed by atoms with E-state index in [1.54, 1.807) is 11.0 Å². The Morgan fingerprint density at radius 3 is 2.85 bits per heavy atom. The van der Waals surface area contributed by atoms with Crippen LogP contribution in [0.3, 0.4) is 0 Å². The van der Waals surface area contributed by atoms with Crippen molar-refractivity contribution in [2.24, 2.45) is 11.8 Å². The van der Waals surface area contributed by atoms with Gasteiger partial charge >= 0.3 is 5.97 Å². The van der Waals surface area contributed by atoms with Crippen molar-refractivity contribution in [2.45, 2.75) is 25.3 Å². The average molecular weight is 369 g/mol. The number of carboxylic acid groups (broad SMARTS) is 1. The number of benzene rings is 1. The van der Waals surface area contributed by atoms with Crippen molar-refractivity contribution < 1.29 is 24.2 Å². The van der Waals surface area contributed by atoms with Crippen molar-refractivity contribution >= 4 is 11.9 Å². The molecule has 4 heterocycles. The van der Waals surface area contributed by atoms with Crippen LogP contribution >= 0.6 is 0 Å². The summed E-state index contributed by atoms with van der Waals surface area (Å²) in [7, 11) is 0. The quantitative estimate of drug-likeness (QED) is 0.859. The summed E-state index contributed by atoms with van der Waals surface area (Å²) in [5.74, 6) is 0.132. The van der Waals surface area contributed by atoms with E-state index in [2.05, 4.69) is 10.2 Å². The number of carbonyl (C=O) groups excluding carboxylic acids is 1. The van der Waals surface area contributed by atoms with Crippen molar-refractivity contribution in [2.75, 3.05) is 13.3 Å². The number of ether oxygens (including phenoxy) is 2. The maximum Gasteiger partial charge on any atom is 0.308 e. The summed E-state index contributed by atoms with van der Waals surface area (Å²) in [5, 5.41) is 16.6. The Morgan fingerprint density at radius 2 is 2.04 bits per heavy atom. The van der Waals surface area contributed by atoms with E-state index in [0.717, 1.165) is 18.4 Å². The minimum Gasteiger partial charge on any atom is -0.481 e. The number of H-pyrrole nitrogens is 1. The van der Waals surface area contributed by atoms with Gasteiger partial charge in [-0.1, -0.05) is 0 Å². The van der Waals surface area contributed by atoms with Crippen LogP contribution in [0.1, 0.15) is 29.8 Å². The van der Waals surface area contributed by atoms with Crippen LogP contribution in [0.5, 0.6) is 11.5 Å². The van der Waals surface area contributed by atoms with E-state index in [0.29, 0.717) is 35.9 Å². The van der Waals surface area contributed by atoms with Crippen LogP contribution in [0, 0.1) is 11.8 Å². The first-order valence-corrected chi connectivity index (χ1v) is 9.09. The molecule has 0 spiro atoms. The van der Waals surface area contributed by atoms with Crippen LogP contribution in [-0.2, 0) is 4.79 Å². The van der Waals surface area contributed by atoms with E-state index in [-0.39, 0.29) is 24.7 Å². The molecular formula is C19H19N3O5. The highest BCUT2D eigenvalue weighted by molar-refractivity contribution is 5.94. The number of carboxylic acids is 1. The Kier molecular flexibility index (Phi) is 3.60. The Hall–Kier alpha value is -3.03. The zero-order chi connectivity index (χ0) is 18.5. The smallest absolute Gasteiger partial charge is 0.308 e. The standard InChI is InChI=1S/C19H19N3O5/c23-18(22-8-10-1-3-15(22)12(5-10)19(24)25)14-7-13(20-21-14)11-2-4-16-17(6-11)27-9-26-16/h2,4,6-7,10,12,15H,1,3,5,8-9H2,(H,20,21)(H,24,25). The normalized spacial score (nSPS) is 25.6. The number of fused-ring (bicyclic) bond motifs is 4. The third-order valence-electron chi connectivity index (χ3n) is 5.83. The SMILES string of the molecule is O=C(O)C1CC2CCC1N(C(=O)c1cc(-c3ccc4c(c3)OCO4)n[nH]1)C2. The van der Waals surface area contributed by atoms with E-state index in [4.69, 9.17) is 9.47 Å². The number of nitrogens with zero attached hydrogens (tertiary/aromatic N) is 2. The predicted molar refractivity (Wildman–Crippen MR) is 93.4 cm³/mol. The predicted octanol–water partition coefficient (Wildman–Crippen LogP) is 2.13. The lowest BCUT2D eigenvalue weighted by atomic mass is 9.72. The monoisotopic (exact) mass is 369 g/mol. The van der Waals surface area contributed by atoms with E-state index in [1.807, 2.05) is 18.2 Å². The Balaban J connectivity index is 1.40. The molecule has 2 bridgehead atoms. The first-order valence-electron chi connectivity index (χ1n) is 9.09. The summed E-state index contributed by atoms with van der Waals surface area (Å²) in [5.41, 5.74) is 1.83. The molecular weight excluding hydrogens is 350 g/mol. The Morgan fingerprint density at radius 1 is 1.19 bits per heavy atom. The van der Waals surface area contributed by atoms with Gasteiger partial charge in [0.05, 0.1) is 11.6 Å². The first kappa shape index (κ1) is 16.2. The minimum absolute atomic E-state index is 0.185. The highest BCUT2D eigenvalue weighted by Crippen LogP contribution is 2.40. The molecule has 1 aliphatic carbocycles. The lowest BCUT2D eigenvalue weighted by Gasteiger charge is -2.48. The van der Waals surface area contributed by atoms with E-state index >= 15 is 0 Å². The van der Waals surface area contributed by atoms with Crippen molar-refractivity contribution in [1.29, 1.82) is 0 Å². The summed E-state index contributed by atoms with van der Waals surface area (Å²) in [6.45, 7) is 0.816. The number of aromatic amines is 1. The summed E-state index contributed by atoms with van der Waals surface area (Å²) in [6, 6.07) is 6.97. The molecule has 8 heteroatoms. The highest BCUT2D eigenvalue weighted by atomic mass is 16.7. The highest BCUT2D eigenvalue weighted by Gasteiger charge is 2.46. The number of aromatic nitrogens is 2. The molecule has 1 aromatic heterocycles. The van der Waals surface area contributed by atoms with Gasteiger partial charge in [0, 0.05) is 18.2 Å². The zero-order valence-electron chi connectivity index (χ0n) is 14.6. The molecule has 140 valence electrons. The molecule has 6 rings (SSSR count). The van der Waals surface area contributed by atoms with Gasteiger partial charge in [0.15, 0.2) is 11.5 Å². The molecule has 2 aromatic rings. The molecule has 8 nitrogen and oxygen atoms in total. The molecule has 2 N–H and O–H groups in total. The van der Waals surface area contributed by atoms with E-state index in [9.17, 15) is 14.7 Å². The summed E-state index contributed by atoms with van der Waals surface area (Å²) in [4.78, 5) is 26.3. The van der Waals surface area contributed by atoms with Crippen molar-refractivity contribution in [3.05, 3.63) is 30.0 Å². The van der Waals surface area contributed by atoms with Gasteiger partial charge < -0.3 is 19.5 Å². The molecule has 1 aromatic carbocycles. The molecule has 27 heavy (non-hydrogen) atoms. The fourth-order valence-electron chi connectivity index (χ4n) is 4.48. The summed E-state index contributed by atoms with van der Waals surface area (Å²) in [6.07, 6.45) is 2.40. The Bertz CT molecular complexity index is 924. The van der Waals surface area contributed by atoms with Crippen LogP contribution in [-0.4, -0.2) is 51.5 Å². The number of carbonyl (C=O) groups is 2. The number of hydrogen-bond donors (Lipinski definition) is 2. The maximum atomic E-state index is 13.0. The number of amides is 1. The number of piperidine rings is 2. The molecule has 1 amide bonds. The zero-order valence-corrected chi connectivity index (χ0v) is 14.6. The van der Waals surface area contributed by atoms with Gasteiger partial charge in [-0.2, -0.15) is 5.10 Å². The van der Waals surface area contributed by atoms with Crippen LogP contribution in [0.25, 0.3) is 11.3 Å². The maximum absolute atomic E-state index is 13.0. The molecule has 1 saturated carbocycles. The third-order valence-corrected chi connectivity index (χ3v) is 5.83. The fourth-order valence-corrected chi connectivity index (χ4v) is 4.48. The molecule has 0 radical (unpaired) electrons.